The molecule has 4 nitrogen and oxygen atoms in total. The Labute approximate surface area is 155 Å². The highest BCUT2D eigenvalue weighted by atomic mass is 19.1. The monoisotopic (exact) mass is 368 g/mol. The smallest absolute Gasteiger partial charge is 0.240 e. The molecule has 0 radical (unpaired) electrons. The highest BCUT2D eigenvalue weighted by molar-refractivity contribution is 5.88. The van der Waals surface area contributed by atoms with Gasteiger partial charge in [0.2, 0.25) is 11.8 Å². The van der Waals surface area contributed by atoms with E-state index >= 15 is 0 Å². The number of amides is 2. The summed E-state index contributed by atoms with van der Waals surface area (Å²) >= 11 is 0. The van der Waals surface area contributed by atoms with Crippen LogP contribution in [0, 0.1) is 11.6 Å². The number of halogens is 2. The van der Waals surface area contributed by atoms with Crippen molar-refractivity contribution in [2.24, 2.45) is 5.73 Å². The number of fused-ring (bicyclic) bond motifs is 1. The van der Waals surface area contributed by atoms with Gasteiger partial charge < -0.3 is 11.1 Å². The van der Waals surface area contributed by atoms with E-state index in [1.165, 1.54) is 6.07 Å². The van der Waals surface area contributed by atoms with E-state index < -0.39 is 35.9 Å². The highest BCUT2D eigenvalue weighted by Gasteiger charge is 2.21. The molecule has 3 N–H and O–H groups in total. The Morgan fingerprint density at radius 1 is 0.926 bits per heavy atom. The Bertz CT molecular complexity index is 984. The first kappa shape index (κ1) is 18.5. The molecule has 0 spiro atoms. The summed E-state index contributed by atoms with van der Waals surface area (Å²) in [6.45, 7) is 0. The topological polar surface area (TPSA) is 72.2 Å². The van der Waals surface area contributed by atoms with E-state index in [1.807, 2.05) is 42.5 Å². The molecule has 0 bridgehead atoms. The van der Waals surface area contributed by atoms with Crippen molar-refractivity contribution in [2.45, 2.75) is 18.9 Å². The molecular formula is C21H18F2N2O2. The largest absolute Gasteiger partial charge is 0.368 e. The van der Waals surface area contributed by atoms with Gasteiger partial charge in [-0.2, -0.15) is 0 Å². The molecule has 0 aromatic heterocycles. The minimum atomic E-state index is -0.978. The van der Waals surface area contributed by atoms with Crippen LogP contribution in [0.5, 0.6) is 0 Å². The van der Waals surface area contributed by atoms with Crippen LogP contribution in [-0.2, 0) is 22.4 Å². The summed E-state index contributed by atoms with van der Waals surface area (Å²) in [4.78, 5) is 23.9. The van der Waals surface area contributed by atoms with Crippen molar-refractivity contribution in [1.82, 2.24) is 5.32 Å². The molecule has 0 aliphatic carbocycles. The van der Waals surface area contributed by atoms with E-state index in [9.17, 15) is 18.4 Å². The first-order valence-corrected chi connectivity index (χ1v) is 8.43. The molecule has 3 aromatic carbocycles. The van der Waals surface area contributed by atoms with Gasteiger partial charge >= 0.3 is 0 Å². The maximum absolute atomic E-state index is 13.7. The third kappa shape index (κ3) is 4.47. The molecule has 1 atom stereocenters. The first-order valence-electron chi connectivity index (χ1n) is 8.43. The van der Waals surface area contributed by atoms with Gasteiger partial charge in [0.05, 0.1) is 6.42 Å². The van der Waals surface area contributed by atoms with E-state index in [0.29, 0.717) is 0 Å². The number of nitrogens with one attached hydrogen (secondary N) is 1. The molecule has 0 aliphatic heterocycles. The second-order valence-electron chi connectivity index (χ2n) is 6.29. The summed E-state index contributed by atoms with van der Waals surface area (Å²) < 4.78 is 27.4. The summed E-state index contributed by atoms with van der Waals surface area (Å²) in [7, 11) is 0. The summed E-state index contributed by atoms with van der Waals surface area (Å²) in [6, 6.07) is 15.8. The van der Waals surface area contributed by atoms with Crippen LogP contribution in [0.3, 0.4) is 0 Å². The SMILES string of the molecule is NC(=O)[C@@H](Cc1ccc2ccccc2c1)NC(=O)Cc1c(F)cccc1F. The minimum Gasteiger partial charge on any atom is -0.368 e. The van der Waals surface area contributed by atoms with Crippen LogP contribution < -0.4 is 11.1 Å². The van der Waals surface area contributed by atoms with Gasteiger partial charge in [-0.05, 0) is 28.5 Å². The quantitative estimate of drug-likeness (QED) is 0.702. The van der Waals surface area contributed by atoms with Gasteiger partial charge in [-0.3, -0.25) is 9.59 Å². The second kappa shape index (κ2) is 7.95. The van der Waals surface area contributed by atoms with Crippen LogP contribution in [-0.4, -0.2) is 17.9 Å². The molecule has 27 heavy (non-hydrogen) atoms. The van der Waals surface area contributed by atoms with Crippen molar-refractivity contribution >= 4 is 22.6 Å². The average Bonchev–Trinajstić information content (AvgIpc) is 2.64. The van der Waals surface area contributed by atoms with E-state index in [0.717, 1.165) is 28.5 Å². The van der Waals surface area contributed by atoms with Gasteiger partial charge in [0.1, 0.15) is 17.7 Å². The second-order valence-corrected chi connectivity index (χ2v) is 6.29. The van der Waals surface area contributed by atoms with Crippen LogP contribution in [0.2, 0.25) is 0 Å². The lowest BCUT2D eigenvalue weighted by Crippen LogP contribution is -2.46. The molecule has 138 valence electrons. The first-order chi connectivity index (χ1) is 12.9. The fourth-order valence-electron chi connectivity index (χ4n) is 2.93. The van der Waals surface area contributed by atoms with E-state index in [4.69, 9.17) is 5.73 Å². The van der Waals surface area contributed by atoms with Gasteiger partial charge in [-0.1, -0.05) is 48.5 Å². The molecule has 3 aromatic rings. The van der Waals surface area contributed by atoms with E-state index in [2.05, 4.69) is 5.32 Å². The number of hydrogen-bond acceptors (Lipinski definition) is 2. The fraction of sp³-hybridized carbons (Fsp3) is 0.143. The van der Waals surface area contributed by atoms with Gasteiger partial charge in [-0.25, -0.2) is 8.78 Å². The molecule has 0 unspecified atom stereocenters. The van der Waals surface area contributed by atoms with Gasteiger partial charge in [0.15, 0.2) is 0 Å². The standard InChI is InChI=1S/C21H18F2N2O2/c22-17-6-3-7-18(23)16(17)12-20(26)25-19(21(24)27)11-13-8-9-14-4-1-2-5-15(14)10-13/h1-10,19H,11-12H2,(H2,24,27)(H,25,26)/t19-/m1/s1. The van der Waals surface area contributed by atoms with Crippen LogP contribution in [0.1, 0.15) is 11.1 Å². The van der Waals surface area contributed by atoms with Crippen molar-refractivity contribution in [3.05, 3.63) is 83.4 Å². The molecule has 0 saturated heterocycles. The number of primary amides is 1. The third-order valence-electron chi connectivity index (χ3n) is 4.33. The zero-order valence-electron chi connectivity index (χ0n) is 14.4. The number of rotatable bonds is 6. The number of nitrogens with two attached hydrogens (primary N) is 1. The van der Waals surface area contributed by atoms with Crippen LogP contribution in [0.15, 0.2) is 60.7 Å². The van der Waals surface area contributed by atoms with Crippen molar-refractivity contribution in [2.75, 3.05) is 0 Å². The minimum absolute atomic E-state index is 0.186. The van der Waals surface area contributed by atoms with Gasteiger partial charge in [0.25, 0.3) is 0 Å². The molecule has 0 aliphatic rings. The summed E-state index contributed by atoms with van der Waals surface area (Å²) in [5.41, 5.74) is 5.87. The molecule has 6 heteroatoms. The molecule has 0 fully saturated rings. The van der Waals surface area contributed by atoms with Gasteiger partial charge in [0, 0.05) is 12.0 Å². The predicted octanol–water partition coefficient (Wildman–Crippen LogP) is 2.87. The maximum Gasteiger partial charge on any atom is 0.240 e. The van der Waals surface area contributed by atoms with Crippen molar-refractivity contribution in [3.8, 4) is 0 Å². The highest BCUT2D eigenvalue weighted by Crippen LogP contribution is 2.17. The fourth-order valence-corrected chi connectivity index (χ4v) is 2.93. The molecule has 3 rings (SSSR count). The number of hydrogen-bond donors (Lipinski definition) is 2. The third-order valence-corrected chi connectivity index (χ3v) is 4.33. The lowest BCUT2D eigenvalue weighted by atomic mass is 10.0. The number of carbonyl (C=O) groups is 2. The molecule has 0 heterocycles. The Kier molecular flexibility index (Phi) is 5.45. The predicted molar refractivity (Wildman–Crippen MR) is 98.8 cm³/mol. The van der Waals surface area contributed by atoms with Crippen LogP contribution in [0.4, 0.5) is 8.78 Å². The lowest BCUT2D eigenvalue weighted by molar-refractivity contribution is -0.127. The van der Waals surface area contributed by atoms with Crippen molar-refractivity contribution < 1.29 is 18.4 Å². The zero-order valence-corrected chi connectivity index (χ0v) is 14.4. The summed E-state index contributed by atoms with van der Waals surface area (Å²) in [5.74, 6) is -3.01. The Morgan fingerprint density at radius 3 is 2.26 bits per heavy atom. The van der Waals surface area contributed by atoms with E-state index in [1.54, 1.807) is 0 Å². The number of benzene rings is 3. The van der Waals surface area contributed by atoms with Gasteiger partial charge in [-0.15, -0.1) is 0 Å². The summed E-state index contributed by atoms with van der Waals surface area (Å²) in [5, 5.41) is 4.52. The summed E-state index contributed by atoms with van der Waals surface area (Å²) in [6.07, 6.45) is -0.328. The van der Waals surface area contributed by atoms with Crippen molar-refractivity contribution in [3.63, 3.8) is 0 Å². The molecule has 2 amide bonds. The molecular weight excluding hydrogens is 350 g/mol. The van der Waals surface area contributed by atoms with Crippen molar-refractivity contribution in [1.29, 1.82) is 0 Å². The Morgan fingerprint density at radius 2 is 1.59 bits per heavy atom. The number of carbonyl (C=O) groups excluding carboxylic acids is 2. The Balaban J connectivity index is 1.73. The van der Waals surface area contributed by atoms with Crippen LogP contribution >= 0.6 is 0 Å². The Hall–Kier alpha value is -3.28. The maximum atomic E-state index is 13.7. The lowest BCUT2D eigenvalue weighted by Gasteiger charge is -2.16. The zero-order chi connectivity index (χ0) is 19.4. The molecule has 0 saturated carbocycles. The van der Waals surface area contributed by atoms with Crippen LogP contribution in [0.25, 0.3) is 10.8 Å². The normalized spacial score (nSPS) is 11.9. The van der Waals surface area contributed by atoms with E-state index in [-0.39, 0.29) is 12.0 Å². The average molecular weight is 368 g/mol.